The standard InChI is InChI=1S/C7H14O3/c1-3-4-6(5(2)8)7(9)10/h5-6,8H,3-4H2,1-2H3,(H,9,10). The van der Waals surface area contributed by atoms with E-state index >= 15 is 0 Å². The molecule has 0 bridgehead atoms. The van der Waals surface area contributed by atoms with Crippen molar-refractivity contribution in [1.82, 2.24) is 0 Å². The van der Waals surface area contributed by atoms with Crippen molar-refractivity contribution in [2.45, 2.75) is 32.8 Å². The van der Waals surface area contributed by atoms with Gasteiger partial charge < -0.3 is 10.2 Å². The summed E-state index contributed by atoms with van der Waals surface area (Å²) in [6.45, 7) is 3.41. The molecule has 10 heavy (non-hydrogen) atoms. The van der Waals surface area contributed by atoms with Gasteiger partial charge in [-0.2, -0.15) is 0 Å². The second-order valence-electron chi connectivity index (χ2n) is 2.47. The van der Waals surface area contributed by atoms with Crippen LogP contribution >= 0.6 is 0 Å². The normalized spacial score (nSPS) is 16.3. The van der Waals surface area contributed by atoms with Gasteiger partial charge >= 0.3 is 5.97 Å². The molecule has 0 fully saturated rings. The third kappa shape index (κ3) is 2.82. The van der Waals surface area contributed by atoms with Gasteiger partial charge in [-0.25, -0.2) is 0 Å². The average molecular weight is 146 g/mol. The summed E-state index contributed by atoms with van der Waals surface area (Å²) in [4.78, 5) is 10.4. The summed E-state index contributed by atoms with van der Waals surface area (Å²) in [5.41, 5.74) is 0. The first kappa shape index (κ1) is 9.43. The van der Waals surface area contributed by atoms with Gasteiger partial charge in [0, 0.05) is 0 Å². The maximum atomic E-state index is 10.4. The molecular weight excluding hydrogens is 132 g/mol. The van der Waals surface area contributed by atoms with E-state index in [1.165, 1.54) is 6.92 Å². The SMILES string of the molecule is CCCC(C(=O)O)C(C)O. The first-order valence-electron chi connectivity index (χ1n) is 3.50. The lowest BCUT2D eigenvalue weighted by atomic mass is 9.99. The lowest BCUT2D eigenvalue weighted by Crippen LogP contribution is -2.25. The Morgan fingerprint density at radius 1 is 1.60 bits per heavy atom. The summed E-state index contributed by atoms with van der Waals surface area (Å²) < 4.78 is 0. The van der Waals surface area contributed by atoms with E-state index in [1.807, 2.05) is 6.92 Å². The summed E-state index contributed by atoms with van der Waals surface area (Å²) >= 11 is 0. The van der Waals surface area contributed by atoms with Crippen molar-refractivity contribution in [1.29, 1.82) is 0 Å². The minimum absolute atomic E-state index is 0.549. The third-order valence-electron chi connectivity index (χ3n) is 1.50. The van der Waals surface area contributed by atoms with Crippen LogP contribution in [0, 0.1) is 5.92 Å². The third-order valence-corrected chi connectivity index (χ3v) is 1.50. The largest absolute Gasteiger partial charge is 0.481 e. The molecule has 3 nitrogen and oxygen atoms in total. The molecule has 0 radical (unpaired) electrons. The lowest BCUT2D eigenvalue weighted by Gasteiger charge is -2.12. The maximum Gasteiger partial charge on any atom is 0.309 e. The smallest absolute Gasteiger partial charge is 0.309 e. The monoisotopic (exact) mass is 146 g/mol. The summed E-state index contributed by atoms with van der Waals surface area (Å²) in [5.74, 6) is -1.50. The molecule has 2 unspecified atom stereocenters. The Morgan fingerprint density at radius 2 is 2.10 bits per heavy atom. The molecule has 0 aliphatic carbocycles. The van der Waals surface area contributed by atoms with E-state index in [2.05, 4.69) is 0 Å². The highest BCUT2D eigenvalue weighted by atomic mass is 16.4. The fraction of sp³-hybridized carbons (Fsp3) is 0.857. The summed E-state index contributed by atoms with van der Waals surface area (Å²) in [5, 5.41) is 17.4. The summed E-state index contributed by atoms with van der Waals surface area (Å²) in [7, 11) is 0. The van der Waals surface area contributed by atoms with E-state index in [0.29, 0.717) is 6.42 Å². The molecule has 60 valence electrons. The number of aliphatic hydroxyl groups excluding tert-OH is 1. The van der Waals surface area contributed by atoms with E-state index in [-0.39, 0.29) is 0 Å². The van der Waals surface area contributed by atoms with E-state index in [1.54, 1.807) is 0 Å². The van der Waals surface area contributed by atoms with Gasteiger partial charge in [0.2, 0.25) is 0 Å². The number of hydrogen-bond acceptors (Lipinski definition) is 2. The van der Waals surface area contributed by atoms with Crippen LogP contribution in [0.1, 0.15) is 26.7 Å². The fourth-order valence-corrected chi connectivity index (χ4v) is 0.882. The molecule has 0 aromatic heterocycles. The average Bonchev–Trinajstić information content (AvgIpc) is 1.81. The molecule has 2 atom stereocenters. The fourth-order valence-electron chi connectivity index (χ4n) is 0.882. The molecule has 2 N–H and O–H groups in total. The van der Waals surface area contributed by atoms with Crippen molar-refractivity contribution in [3.8, 4) is 0 Å². The van der Waals surface area contributed by atoms with Crippen LogP contribution in [0.2, 0.25) is 0 Å². The molecule has 0 amide bonds. The number of hydrogen-bond donors (Lipinski definition) is 2. The van der Waals surface area contributed by atoms with Crippen LogP contribution in [0.3, 0.4) is 0 Å². The van der Waals surface area contributed by atoms with Gasteiger partial charge in [-0.1, -0.05) is 13.3 Å². The quantitative estimate of drug-likeness (QED) is 0.618. The van der Waals surface area contributed by atoms with Gasteiger partial charge in [-0.15, -0.1) is 0 Å². The zero-order valence-corrected chi connectivity index (χ0v) is 6.37. The van der Waals surface area contributed by atoms with Crippen molar-refractivity contribution in [2.24, 2.45) is 5.92 Å². The van der Waals surface area contributed by atoms with Crippen LogP contribution in [-0.2, 0) is 4.79 Å². The Bertz CT molecular complexity index is 109. The van der Waals surface area contributed by atoms with E-state index in [4.69, 9.17) is 10.2 Å². The van der Waals surface area contributed by atoms with Crippen LogP contribution in [-0.4, -0.2) is 22.3 Å². The van der Waals surface area contributed by atoms with Gasteiger partial charge in [0.1, 0.15) is 0 Å². The molecule has 3 heteroatoms. The molecule has 0 aromatic carbocycles. The zero-order valence-electron chi connectivity index (χ0n) is 6.37. The Labute approximate surface area is 60.7 Å². The molecule has 0 heterocycles. The predicted molar refractivity (Wildman–Crippen MR) is 37.7 cm³/mol. The molecule has 0 saturated heterocycles. The Kier molecular flexibility index (Phi) is 4.03. The second-order valence-corrected chi connectivity index (χ2v) is 2.47. The Morgan fingerprint density at radius 3 is 2.20 bits per heavy atom. The lowest BCUT2D eigenvalue weighted by molar-refractivity contribution is -0.145. The molecular formula is C7H14O3. The van der Waals surface area contributed by atoms with Gasteiger partial charge in [0.25, 0.3) is 0 Å². The van der Waals surface area contributed by atoms with E-state index in [0.717, 1.165) is 6.42 Å². The number of aliphatic carboxylic acids is 1. The predicted octanol–water partition coefficient (Wildman–Crippen LogP) is 0.868. The highest BCUT2D eigenvalue weighted by Gasteiger charge is 2.21. The van der Waals surface area contributed by atoms with Crippen molar-refractivity contribution in [3.05, 3.63) is 0 Å². The van der Waals surface area contributed by atoms with Gasteiger partial charge in [-0.05, 0) is 13.3 Å². The van der Waals surface area contributed by atoms with E-state index in [9.17, 15) is 4.79 Å². The minimum Gasteiger partial charge on any atom is -0.481 e. The zero-order chi connectivity index (χ0) is 8.15. The Hall–Kier alpha value is -0.570. The highest BCUT2D eigenvalue weighted by molar-refractivity contribution is 5.70. The van der Waals surface area contributed by atoms with Crippen LogP contribution in [0.5, 0.6) is 0 Å². The number of aliphatic hydroxyl groups is 1. The number of carboxylic acids is 1. The van der Waals surface area contributed by atoms with Crippen LogP contribution in [0.15, 0.2) is 0 Å². The van der Waals surface area contributed by atoms with Gasteiger partial charge in [0.15, 0.2) is 0 Å². The van der Waals surface area contributed by atoms with Crippen molar-refractivity contribution < 1.29 is 15.0 Å². The summed E-state index contributed by atoms with van der Waals surface area (Å²) in [6, 6.07) is 0. The molecule has 0 aromatic rings. The molecule has 0 spiro atoms. The van der Waals surface area contributed by atoms with Crippen LogP contribution in [0.25, 0.3) is 0 Å². The molecule has 0 rings (SSSR count). The topological polar surface area (TPSA) is 57.5 Å². The van der Waals surface area contributed by atoms with E-state index < -0.39 is 18.0 Å². The number of rotatable bonds is 4. The van der Waals surface area contributed by atoms with Crippen LogP contribution in [0.4, 0.5) is 0 Å². The first-order chi connectivity index (χ1) is 4.59. The number of carbonyl (C=O) groups is 1. The molecule has 0 aliphatic heterocycles. The molecule has 0 saturated carbocycles. The van der Waals surface area contributed by atoms with Crippen molar-refractivity contribution in [2.75, 3.05) is 0 Å². The van der Waals surface area contributed by atoms with Gasteiger partial charge in [-0.3, -0.25) is 4.79 Å². The maximum absolute atomic E-state index is 10.4. The summed E-state index contributed by atoms with van der Waals surface area (Å²) in [6.07, 6.45) is 0.604. The molecule has 0 aliphatic rings. The van der Waals surface area contributed by atoms with Crippen molar-refractivity contribution >= 4 is 5.97 Å². The first-order valence-corrected chi connectivity index (χ1v) is 3.50. The Balaban J connectivity index is 3.85. The number of carboxylic acid groups (broad SMARTS) is 1. The van der Waals surface area contributed by atoms with Gasteiger partial charge in [0.05, 0.1) is 12.0 Å². The van der Waals surface area contributed by atoms with Crippen molar-refractivity contribution in [3.63, 3.8) is 0 Å². The second kappa shape index (κ2) is 4.28. The minimum atomic E-state index is -0.906. The van der Waals surface area contributed by atoms with Crippen LogP contribution < -0.4 is 0 Å². The highest BCUT2D eigenvalue weighted by Crippen LogP contribution is 2.10.